The second-order valence-electron chi connectivity index (χ2n) is 7.14. The van der Waals surface area contributed by atoms with E-state index in [1.54, 1.807) is 24.3 Å². The lowest BCUT2D eigenvalue weighted by molar-refractivity contribution is -0.117. The predicted octanol–water partition coefficient (Wildman–Crippen LogP) is 3.24. The molecule has 2 fully saturated rings. The summed E-state index contributed by atoms with van der Waals surface area (Å²) in [5.74, 6) is 0.263. The predicted molar refractivity (Wildman–Crippen MR) is 102 cm³/mol. The second-order valence-corrected chi connectivity index (χ2v) is 7.14. The molecule has 1 aromatic carbocycles. The highest BCUT2D eigenvalue weighted by atomic mass is 35.5. The zero-order chi connectivity index (χ0) is 16.9. The summed E-state index contributed by atoms with van der Waals surface area (Å²) in [6.07, 6.45) is 8.18. The summed E-state index contributed by atoms with van der Waals surface area (Å²) in [5.41, 5.74) is 7.38. The first-order chi connectivity index (χ1) is 11.6. The molecule has 5 nitrogen and oxygen atoms in total. The van der Waals surface area contributed by atoms with Gasteiger partial charge in [-0.25, -0.2) is 0 Å². The van der Waals surface area contributed by atoms with Gasteiger partial charge in [-0.3, -0.25) is 9.59 Å². The van der Waals surface area contributed by atoms with Crippen molar-refractivity contribution >= 4 is 29.9 Å². The van der Waals surface area contributed by atoms with Crippen LogP contribution in [0.15, 0.2) is 24.3 Å². The van der Waals surface area contributed by atoms with E-state index in [1.807, 2.05) is 0 Å². The highest BCUT2D eigenvalue weighted by molar-refractivity contribution is 5.96. The molecule has 2 aliphatic carbocycles. The number of halogens is 1. The van der Waals surface area contributed by atoms with Crippen molar-refractivity contribution in [3.63, 3.8) is 0 Å². The Bertz CT molecular complexity index is 585. The van der Waals surface area contributed by atoms with Crippen molar-refractivity contribution in [2.45, 2.75) is 63.5 Å². The molecule has 0 unspecified atom stereocenters. The minimum Gasteiger partial charge on any atom is -0.349 e. The summed E-state index contributed by atoms with van der Waals surface area (Å²) in [6, 6.07) is 7.57. The van der Waals surface area contributed by atoms with Gasteiger partial charge >= 0.3 is 0 Å². The van der Waals surface area contributed by atoms with Gasteiger partial charge in [-0.15, -0.1) is 12.4 Å². The Hall–Kier alpha value is -1.59. The van der Waals surface area contributed by atoms with Gasteiger partial charge in [0.25, 0.3) is 5.91 Å². The molecule has 0 aliphatic heterocycles. The molecule has 2 aliphatic rings. The van der Waals surface area contributed by atoms with E-state index in [2.05, 4.69) is 10.6 Å². The molecule has 4 N–H and O–H groups in total. The van der Waals surface area contributed by atoms with Crippen LogP contribution in [0.2, 0.25) is 0 Å². The zero-order valence-electron chi connectivity index (χ0n) is 14.5. The maximum Gasteiger partial charge on any atom is 0.251 e. The van der Waals surface area contributed by atoms with Gasteiger partial charge < -0.3 is 16.4 Å². The van der Waals surface area contributed by atoms with Gasteiger partial charge in [0.1, 0.15) is 0 Å². The van der Waals surface area contributed by atoms with Crippen LogP contribution in [-0.2, 0) is 4.79 Å². The van der Waals surface area contributed by atoms with Crippen LogP contribution >= 0.6 is 12.4 Å². The van der Waals surface area contributed by atoms with Crippen LogP contribution in [0.1, 0.15) is 61.7 Å². The minimum absolute atomic E-state index is 0. The molecule has 1 aromatic rings. The Kier molecular flexibility index (Phi) is 7.26. The van der Waals surface area contributed by atoms with E-state index in [4.69, 9.17) is 5.73 Å². The van der Waals surface area contributed by atoms with E-state index in [1.165, 1.54) is 12.8 Å². The number of amides is 2. The molecule has 0 heterocycles. The van der Waals surface area contributed by atoms with Crippen molar-refractivity contribution in [1.82, 2.24) is 5.32 Å². The molecule has 2 saturated carbocycles. The lowest BCUT2D eigenvalue weighted by Gasteiger charge is -2.15. The lowest BCUT2D eigenvalue weighted by atomic mass is 10.00. The standard InChI is InChI=1S/C19H27N3O2.ClH/c20-17-7-3-4-14(17)12-18(23)21-16-10-8-13(9-11-16)19(24)22-15-5-1-2-6-15;/h8-11,14-15,17H,1-7,12,20H2,(H,21,23)(H,22,24);1H/t14-,17+;/m0./s1. The van der Waals surface area contributed by atoms with Crippen molar-refractivity contribution in [3.8, 4) is 0 Å². The topological polar surface area (TPSA) is 84.2 Å². The highest BCUT2D eigenvalue weighted by Crippen LogP contribution is 2.27. The summed E-state index contributed by atoms with van der Waals surface area (Å²) in [7, 11) is 0. The van der Waals surface area contributed by atoms with Crippen LogP contribution in [0, 0.1) is 5.92 Å². The monoisotopic (exact) mass is 365 g/mol. The average Bonchev–Trinajstić information content (AvgIpc) is 3.20. The number of carbonyl (C=O) groups excluding carboxylic acids is 2. The van der Waals surface area contributed by atoms with Crippen molar-refractivity contribution in [2.75, 3.05) is 5.32 Å². The van der Waals surface area contributed by atoms with Crippen LogP contribution in [0.25, 0.3) is 0 Å². The molecule has 0 saturated heterocycles. The van der Waals surface area contributed by atoms with Crippen LogP contribution in [0.5, 0.6) is 0 Å². The summed E-state index contributed by atoms with van der Waals surface area (Å²) in [5, 5.41) is 5.97. The molecule has 2 atom stereocenters. The maximum atomic E-state index is 12.2. The molecule has 0 bridgehead atoms. The largest absolute Gasteiger partial charge is 0.349 e. The Morgan fingerprint density at radius 1 is 1.00 bits per heavy atom. The van der Waals surface area contributed by atoms with Crippen LogP contribution < -0.4 is 16.4 Å². The molecule has 3 rings (SSSR count). The first-order valence-electron chi connectivity index (χ1n) is 9.08. The minimum atomic E-state index is -0.0308. The molecule has 0 aromatic heterocycles. The zero-order valence-corrected chi connectivity index (χ0v) is 15.3. The first-order valence-corrected chi connectivity index (χ1v) is 9.08. The molecular formula is C19H28ClN3O2. The number of anilines is 1. The van der Waals surface area contributed by atoms with E-state index < -0.39 is 0 Å². The quantitative estimate of drug-likeness (QED) is 0.748. The van der Waals surface area contributed by atoms with Crippen LogP contribution in [0.3, 0.4) is 0 Å². The number of nitrogens with two attached hydrogens (primary N) is 1. The average molecular weight is 366 g/mol. The highest BCUT2D eigenvalue weighted by Gasteiger charge is 2.26. The second kappa shape index (κ2) is 9.20. The maximum absolute atomic E-state index is 12.2. The Morgan fingerprint density at radius 2 is 1.68 bits per heavy atom. The summed E-state index contributed by atoms with van der Waals surface area (Å²) < 4.78 is 0. The molecule has 6 heteroatoms. The molecule has 2 amide bonds. The van der Waals surface area contributed by atoms with Gasteiger partial charge in [0, 0.05) is 29.8 Å². The van der Waals surface area contributed by atoms with Crippen LogP contribution in [-0.4, -0.2) is 23.9 Å². The third-order valence-corrected chi connectivity index (χ3v) is 5.29. The molecular weight excluding hydrogens is 338 g/mol. The number of hydrogen-bond donors (Lipinski definition) is 3. The van der Waals surface area contributed by atoms with Crippen molar-refractivity contribution in [2.24, 2.45) is 11.7 Å². The number of hydrogen-bond acceptors (Lipinski definition) is 3. The fourth-order valence-corrected chi connectivity index (χ4v) is 3.81. The smallest absolute Gasteiger partial charge is 0.251 e. The van der Waals surface area contributed by atoms with Gasteiger partial charge in [0.2, 0.25) is 5.91 Å². The van der Waals surface area contributed by atoms with E-state index in [9.17, 15) is 9.59 Å². The third-order valence-electron chi connectivity index (χ3n) is 5.29. The van der Waals surface area contributed by atoms with E-state index in [0.29, 0.717) is 23.9 Å². The number of carbonyl (C=O) groups is 2. The first kappa shape index (κ1) is 19.7. The summed E-state index contributed by atoms with van der Waals surface area (Å²) in [6.45, 7) is 0. The van der Waals surface area contributed by atoms with Gasteiger partial charge in [-0.2, -0.15) is 0 Å². The number of rotatable bonds is 5. The number of benzene rings is 1. The molecule has 138 valence electrons. The van der Waals surface area contributed by atoms with Crippen molar-refractivity contribution in [1.29, 1.82) is 0 Å². The normalized spacial score (nSPS) is 23.1. The SMILES string of the molecule is Cl.N[C@@H]1CCC[C@H]1CC(=O)Nc1ccc(C(=O)NC2CCCC2)cc1. The van der Waals surface area contributed by atoms with E-state index >= 15 is 0 Å². The van der Waals surface area contributed by atoms with Crippen molar-refractivity contribution < 1.29 is 9.59 Å². The van der Waals surface area contributed by atoms with E-state index in [0.717, 1.165) is 37.8 Å². The molecule has 0 spiro atoms. The summed E-state index contributed by atoms with van der Waals surface area (Å²) >= 11 is 0. The van der Waals surface area contributed by atoms with E-state index in [-0.39, 0.29) is 30.3 Å². The molecule has 25 heavy (non-hydrogen) atoms. The van der Waals surface area contributed by atoms with Gasteiger partial charge in [0.05, 0.1) is 0 Å². The van der Waals surface area contributed by atoms with Gasteiger partial charge in [0.15, 0.2) is 0 Å². The van der Waals surface area contributed by atoms with Crippen molar-refractivity contribution in [3.05, 3.63) is 29.8 Å². The Labute approximate surface area is 155 Å². The Balaban J connectivity index is 0.00000225. The fraction of sp³-hybridized carbons (Fsp3) is 0.579. The summed E-state index contributed by atoms with van der Waals surface area (Å²) in [4.78, 5) is 24.3. The Morgan fingerprint density at radius 3 is 2.28 bits per heavy atom. The lowest BCUT2D eigenvalue weighted by Crippen LogP contribution is -2.32. The third kappa shape index (κ3) is 5.44. The fourth-order valence-electron chi connectivity index (χ4n) is 3.81. The number of nitrogens with one attached hydrogen (secondary N) is 2. The van der Waals surface area contributed by atoms with Gasteiger partial charge in [-0.05, 0) is 55.9 Å². The van der Waals surface area contributed by atoms with Crippen LogP contribution in [0.4, 0.5) is 5.69 Å². The molecule has 0 radical (unpaired) electrons. The van der Waals surface area contributed by atoms with Gasteiger partial charge in [-0.1, -0.05) is 19.3 Å².